The van der Waals surface area contributed by atoms with Gasteiger partial charge in [-0.15, -0.1) is 0 Å². The summed E-state index contributed by atoms with van der Waals surface area (Å²) in [6.45, 7) is 16.3. The van der Waals surface area contributed by atoms with Gasteiger partial charge in [-0.3, -0.25) is 9.69 Å². The van der Waals surface area contributed by atoms with E-state index >= 15 is 0 Å². The highest BCUT2D eigenvalue weighted by Gasteiger charge is 2.32. The summed E-state index contributed by atoms with van der Waals surface area (Å²) in [5, 5.41) is 11.1. The molecule has 3 atom stereocenters. The maximum Gasteiger partial charge on any atom is 0.419 e. The van der Waals surface area contributed by atoms with Crippen LogP contribution in [-0.2, 0) is 38.1 Å². The number of hydrogen-bond acceptors (Lipinski definition) is 7. The minimum atomic E-state index is -1.28. The van der Waals surface area contributed by atoms with Crippen molar-refractivity contribution in [2.24, 2.45) is 0 Å². The number of para-hydroxylation sites is 1. The fourth-order valence-electron chi connectivity index (χ4n) is 5.01. The Hall–Kier alpha value is -3.00. The minimum absolute atomic E-state index is 0.0799. The van der Waals surface area contributed by atoms with Gasteiger partial charge in [0.25, 0.3) is 0 Å². The van der Waals surface area contributed by atoms with E-state index in [2.05, 4.69) is 21.8 Å². The van der Waals surface area contributed by atoms with Crippen LogP contribution in [0.3, 0.4) is 0 Å². The molecule has 2 heterocycles. The molecule has 1 unspecified atom stereocenters. The summed E-state index contributed by atoms with van der Waals surface area (Å²) in [4.78, 5) is 28.2. The molecule has 0 amide bonds. The molecule has 0 fully saturated rings. The predicted octanol–water partition coefficient (Wildman–Crippen LogP) is 5.04. The molecule has 1 N–H and O–H groups in total. The number of carbonyl (C=O) groups excluding carboxylic acids is 2. The highest BCUT2D eigenvalue weighted by Crippen LogP contribution is 2.30. The molecule has 224 valence electrons. The third-order valence-electron chi connectivity index (χ3n) is 6.87. The van der Waals surface area contributed by atoms with Crippen LogP contribution in [0.5, 0.6) is 0 Å². The normalized spacial score (nSPS) is 17.9. The molecule has 1 aliphatic rings. The zero-order valence-corrected chi connectivity index (χ0v) is 26.4. The van der Waals surface area contributed by atoms with E-state index in [-0.39, 0.29) is 19.1 Å². The fourth-order valence-corrected chi connectivity index (χ4v) is 5.82. The van der Waals surface area contributed by atoms with Crippen LogP contribution >= 0.6 is 0 Å². The number of aromatic nitrogens is 1. The molecule has 1 aliphatic heterocycles. The molecule has 9 nitrogen and oxygen atoms in total. The molecule has 3 rings (SSSR count). The van der Waals surface area contributed by atoms with Crippen molar-refractivity contribution in [2.75, 3.05) is 19.7 Å². The van der Waals surface area contributed by atoms with Gasteiger partial charge in [0.1, 0.15) is 11.6 Å². The average Bonchev–Trinajstić information content (AvgIpc) is 3.18. The zero-order chi connectivity index (χ0) is 30.5. The van der Waals surface area contributed by atoms with Crippen LogP contribution in [0.15, 0.2) is 35.9 Å². The molecule has 0 bridgehead atoms. The number of hydrogen-bond donors (Lipinski definition) is 1. The van der Waals surface area contributed by atoms with Gasteiger partial charge in [0.2, 0.25) is 0 Å². The van der Waals surface area contributed by atoms with Crippen LogP contribution in [0, 0.1) is 11.3 Å². The standard InChI is InChI=1S/C31H44N4O5S/c1-9-39-28(36)19-26-24(23-13-10-11-15-25(23)35(26)29(37)40-30(3,4)5)16-18-34-17-12-14-22(27(34)20-32)21(2)33-41(38)31(6,7)8/h10-11,13-15,21,27,33H,9,12,16-19H2,1-8H3/t21-,27?,41-/m1/s1. The van der Waals surface area contributed by atoms with Gasteiger partial charge in [-0.25, -0.2) is 18.3 Å². The highest BCUT2D eigenvalue weighted by molar-refractivity contribution is 7.84. The van der Waals surface area contributed by atoms with Gasteiger partial charge in [-0.05, 0) is 85.4 Å². The molecule has 0 saturated heterocycles. The monoisotopic (exact) mass is 584 g/mol. The van der Waals surface area contributed by atoms with Crippen molar-refractivity contribution < 1.29 is 23.3 Å². The second-order valence-corrected chi connectivity index (χ2v) is 14.3. The summed E-state index contributed by atoms with van der Waals surface area (Å²) in [6.07, 6.45) is 2.71. The molecular formula is C31H44N4O5S. The minimum Gasteiger partial charge on any atom is -0.466 e. The Bertz CT molecular complexity index is 1360. The van der Waals surface area contributed by atoms with Crippen LogP contribution in [0.25, 0.3) is 10.9 Å². The lowest BCUT2D eigenvalue weighted by atomic mass is 9.94. The molecule has 1 aromatic carbocycles. The molecule has 0 radical (unpaired) electrons. The summed E-state index contributed by atoms with van der Waals surface area (Å²) in [6, 6.07) is 9.26. The number of rotatable bonds is 9. The first kappa shape index (κ1) is 32.5. The molecule has 2 aromatic rings. The van der Waals surface area contributed by atoms with Crippen LogP contribution in [-0.4, -0.2) is 67.9 Å². The van der Waals surface area contributed by atoms with E-state index in [0.29, 0.717) is 30.7 Å². The number of nitrogens with one attached hydrogen (secondary N) is 1. The van der Waals surface area contributed by atoms with Crippen molar-refractivity contribution in [1.82, 2.24) is 14.2 Å². The number of benzene rings is 1. The lowest BCUT2D eigenvalue weighted by molar-refractivity contribution is -0.142. The van der Waals surface area contributed by atoms with Gasteiger partial charge in [0.05, 0.1) is 40.3 Å². The maximum atomic E-state index is 13.4. The molecule has 1 aromatic heterocycles. The predicted molar refractivity (Wildman–Crippen MR) is 162 cm³/mol. The molecule has 0 saturated carbocycles. The molecular weight excluding hydrogens is 540 g/mol. The van der Waals surface area contributed by atoms with E-state index in [1.54, 1.807) is 27.7 Å². The van der Waals surface area contributed by atoms with Crippen LogP contribution in [0.2, 0.25) is 0 Å². The summed E-state index contributed by atoms with van der Waals surface area (Å²) in [7, 11) is -1.28. The van der Waals surface area contributed by atoms with E-state index in [1.165, 1.54) is 4.57 Å². The van der Waals surface area contributed by atoms with Crippen LogP contribution in [0.4, 0.5) is 4.79 Å². The number of nitriles is 1. The van der Waals surface area contributed by atoms with Crippen molar-refractivity contribution in [3.63, 3.8) is 0 Å². The Morgan fingerprint density at radius 1 is 1.20 bits per heavy atom. The van der Waals surface area contributed by atoms with E-state index in [4.69, 9.17) is 9.47 Å². The maximum absolute atomic E-state index is 13.4. The number of fused-ring (bicyclic) bond motifs is 1. The third-order valence-corrected chi connectivity index (χ3v) is 8.55. The van der Waals surface area contributed by atoms with Crippen molar-refractivity contribution in [1.29, 1.82) is 5.26 Å². The van der Waals surface area contributed by atoms with Gasteiger partial charge < -0.3 is 9.47 Å². The molecule has 0 aliphatic carbocycles. The lowest BCUT2D eigenvalue weighted by Gasteiger charge is -2.35. The third kappa shape index (κ3) is 8.06. The molecule has 41 heavy (non-hydrogen) atoms. The summed E-state index contributed by atoms with van der Waals surface area (Å²) < 4.78 is 28.0. The Morgan fingerprint density at radius 2 is 1.88 bits per heavy atom. The average molecular weight is 585 g/mol. The SMILES string of the molecule is CCOC(=O)Cc1c(CCN2CCC=C([C@@H](C)N[S@](=O)C(C)(C)C)C2C#N)c2ccccc2n1C(=O)OC(C)(C)C. The largest absolute Gasteiger partial charge is 0.466 e. The van der Waals surface area contributed by atoms with Gasteiger partial charge in [-0.2, -0.15) is 5.26 Å². The smallest absolute Gasteiger partial charge is 0.419 e. The van der Waals surface area contributed by atoms with E-state index in [0.717, 1.165) is 22.9 Å². The van der Waals surface area contributed by atoms with Gasteiger partial charge >= 0.3 is 12.1 Å². The first-order valence-corrected chi connectivity index (χ1v) is 15.3. The zero-order valence-electron chi connectivity index (χ0n) is 25.6. The number of carbonyl (C=O) groups is 2. The van der Waals surface area contributed by atoms with Crippen molar-refractivity contribution >= 4 is 34.0 Å². The highest BCUT2D eigenvalue weighted by atomic mass is 32.2. The summed E-state index contributed by atoms with van der Waals surface area (Å²) in [5.41, 5.74) is 2.24. The second kappa shape index (κ2) is 13.3. The second-order valence-electron chi connectivity index (χ2n) is 12.3. The number of ether oxygens (including phenoxy) is 2. The summed E-state index contributed by atoms with van der Waals surface area (Å²) in [5.74, 6) is -0.425. The summed E-state index contributed by atoms with van der Waals surface area (Å²) >= 11 is 0. The van der Waals surface area contributed by atoms with Gasteiger partial charge in [0.15, 0.2) is 0 Å². The van der Waals surface area contributed by atoms with E-state index in [1.807, 2.05) is 52.0 Å². The Kier molecular flexibility index (Phi) is 10.6. The molecule has 0 spiro atoms. The van der Waals surface area contributed by atoms with Crippen molar-refractivity contribution in [2.45, 2.75) is 97.1 Å². The lowest BCUT2D eigenvalue weighted by Crippen LogP contribution is -2.47. The first-order chi connectivity index (χ1) is 19.2. The quantitative estimate of drug-likeness (QED) is 0.325. The molecule has 10 heteroatoms. The van der Waals surface area contributed by atoms with Crippen molar-refractivity contribution in [3.05, 3.63) is 47.2 Å². The number of nitrogens with zero attached hydrogens (tertiary/aromatic N) is 3. The number of esters is 1. The van der Waals surface area contributed by atoms with E-state index in [9.17, 15) is 19.1 Å². The van der Waals surface area contributed by atoms with Gasteiger partial charge in [-0.1, -0.05) is 24.3 Å². The fraction of sp³-hybridized carbons (Fsp3) is 0.581. The van der Waals surface area contributed by atoms with Gasteiger partial charge in [0, 0.05) is 30.2 Å². The van der Waals surface area contributed by atoms with Crippen molar-refractivity contribution in [3.8, 4) is 6.07 Å². The van der Waals surface area contributed by atoms with Crippen LogP contribution in [0.1, 0.15) is 73.1 Å². The van der Waals surface area contributed by atoms with Crippen LogP contribution < -0.4 is 4.72 Å². The Morgan fingerprint density at radius 3 is 2.49 bits per heavy atom. The van der Waals surface area contributed by atoms with E-state index < -0.39 is 39.4 Å². The first-order valence-electron chi connectivity index (χ1n) is 14.2. The Balaban J connectivity index is 1.96. The topological polar surface area (TPSA) is 114 Å². The Labute approximate surface area is 246 Å².